The van der Waals surface area contributed by atoms with Gasteiger partial charge in [0.1, 0.15) is 5.56 Å². The summed E-state index contributed by atoms with van der Waals surface area (Å²) in [5, 5.41) is 12.3. The van der Waals surface area contributed by atoms with Crippen molar-refractivity contribution >= 4 is 5.91 Å². The largest absolute Gasteiger partial charge is 0.481 e. The first-order valence-corrected chi connectivity index (χ1v) is 7.91. The Morgan fingerprint density at radius 1 is 1.39 bits per heavy atom. The molecule has 0 aliphatic carbocycles. The van der Waals surface area contributed by atoms with E-state index in [9.17, 15) is 9.90 Å². The van der Waals surface area contributed by atoms with E-state index in [1.165, 1.54) is 14.2 Å². The summed E-state index contributed by atoms with van der Waals surface area (Å²) in [7, 11) is 2.98. The van der Waals surface area contributed by atoms with Gasteiger partial charge in [0.2, 0.25) is 11.8 Å². The molecule has 23 heavy (non-hydrogen) atoms. The number of pyridine rings is 1. The molecule has 1 aromatic heterocycles. The third-order valence-corrected chi connectivity index (χ3v) is 4.13. The van der Waals surface area contributed by atoms with Crippen LogP contribution in [0.1, 0.15) is 29.6 Å². The molecule has 1 aromatic rings. The van der Waals surface area contributed by atoms with E-state index >= 15 is 0 Å². The quantitative estimate of drug-likeness (QED) is 0.767. The molecule has 2 heterocycles. The Morgan fingerprint density at radius 3 is 2.91 bits per heavy atom. The average molecular weight is 323 g/mol. The van der Waals surface area contributed by atoms with Crippen LogP contribution in [0.2, 0.25) is 0 Å². The number of nitrogens with one attached hydrogen (secondary N) is 1. The first-order chi connectivity index (χ1) is 11.2. The van der Waals surface area contributed by atoms with Crippen LogP contribution in [0.5, 0.6) is 11.8 Å². The number of hydrogen-bond donors (Lipinski definition) is 2. The molecule has 0 aromatic carbocycles. The fraction of sp³-hybridized carbons (Fsp3) is 0.625. The van der Waals surface area contributed by atoms with Crippen LogP contribution in [0, 0.1) is 0 Å². The van der Waals surface area contributed by atoms with Gasteiger partial charge in [0.15, 0.2) is 0 Å². The number of rotatable bonds is 7. The van der Waals surface area contributed by atoms with Gasteiger partial charge >= 0.3 is 0 Å². The van der Waals surface area contributed by atoms with Gasteiger partial charge in [0.05, 0.1) is 20.8 Å². The number of aliphatic hydroxyl groups excluding tert-OH is 1. The molecule has 0 bridgehead atoms. The number of carbonyl (C=O) groups is 1. The van der Waals surface area contributed by atoms with Gasteiger partial charge in [0.25, 0.3) is 5.91 Å². The number of carbonyl (C=O) groups excluding carboxylic acids is 1. The van der Waals surface area contributed by atoms with Crippen LogP contribution in [0.25, 0.3) is 0 Å². The molecule has 1 aliphatic rings. The lowest BCUT2D eigenvalue weighted by Crippen LogP contribution is -2.45. The van der Waals surface area contributed by atoms with E-state index in [-0.39, 0.29) is 24.4 Å². The lowest BCUT2D eigenvalue weighted by molar-refractivity contribution is 0.0847. The van der Waals surface area contributed by atoms with Gasteiger partial charge in [-0.2, -0.15) is 4.98 Å². The highest BCUT2D eigenvalue weighted by atomic mass is 16.5. The van der Waals surface area contributed by atoms with Crippen LogP contribution in [0.15, 0.2) is 12.1 Å². The molecule has 1 fully saturated rings. The van der Waals surface area contributed by atoms with Crippen LogP contribution in [-0.4, -0.2) is 67.4 Å². The third-order valence-electron chi connectivity index (χ3n) is 4.13. The highest BCUT2D eigenvalue weighted by Crippen LogP contribution is 2.19. The molecule has 1 saturated heterocycles. The van der Waals surface area contributed by atoms with E-state index in [4.69, 9.17) is 9.47 Å². The number of amides is 1. The van der Waals surface area contributed by atoms with E-state index < -0.39 is 0 Å². The molecule has 0 spiro atoms. The van der Waals surface area contributed by atoms with Crippen molar-refractivity contribution < 1.29 is 19.4 Å². The molecule has 128 valence electrons. The van der Waals surface area contributed by atoms with Crippen LogP contribution in [0.4, 0.5) is 0 Å². The van der Waals surface area contributed by atoms with Crippen molar-refractivity contribution in [3.8, 4) is 11.8 Å². The van der Waals surface area contributed by atoms with Gasteiger partial charge in [-0.05, 0) is 25.5 Å². The summed E-state index contributed by atoms with van der Waals surface area (Å²) in [6.07, 6.45) is 3.31. The number of aromatic nitrogens is 1. The van der Waals surface area contributed by atoms with Crippen molar-refractivity contribution in [2.45, 2.75) is 25.3 Å². The zero-order chi connectivity index (χ0) is 16.7. The summed E-state index contributed by atoms with van der Waals surface area (Å²) in [5.41, 5.74) is 0.380. The molecule has 0 saturated carbocycles. The first-order valence-electron chi connectivity index (χ1n) is 7.91. The maximum atomic E-state index is 12.3. The van der Waals surface area contributed by atoms with Crippen molar-refractivity contribution in [2.75, 3.05) is 40.5 Å². The van der Waals surface area contributed by atoms with E-state index in [2.05, 4.69) is 15.2 Å². The Labute approximate surface area is 136 Å². The van der Waals surface area contributed by atoms with E-state index in [1.807, 2.05) is 0 Å². The van der Waals surface area contributed by atoms with Crippen molar-refractivity contribution in [3.63, 3.8) is 0 Å². The number of methoxy groups -OCH3 is 2. The smallest absolute Gasteiger partial charge is 0.256 e. The molecular formula is C16H25N3O4. The van der Waals surface area contributed by atoms with Gasteiger partial charge in [-0.15, -0.1) is 0 Å². The zero-order valence-corrected chi connectivity index (χ0v) is 13.7. The van der Waals surface area contributed by atoms with Crippen molar-refractivity contribution in [2.24, 2.45) is 0 Å². The summed E-state index contributed by atoms with van der Waals surface area (Å²) in [5.74, 6) is 0.417. The number of aliphatic hydroxyl groups is 1. The fourth-order valence-electron chi connectivity index (χ4n) is 2.83. The normalized spacial score (nSPS) is 18.5. The second kappa shape index (κ2) is 8.69. The summed E-state index contributed by atoms with van der Waals surface area (Å²) in [4.78, 5) is 18.6. The highest BCUT2D eigenvalue weighted by Gasteiger charge is 2.21. The number of hydrogen-bond acceptors (Lipinski definition) is 6. The van der Waals surface area contributed by atoms with Gasteiger partial charge < -0.3 is 19.9 Å². The monoisotopic (exact) mass is 323 g/mol. The SMILES string of the molecule is COc1ccc(C(=O)NCCN2CCCC[C@H]2CO)c(OC)n1. The summed E-state index contributed by atoms with van der Waals surface area (Å²) < 4.78 is 10.2. The third kappa shape index (κ3) is 4.56. The Balaban J connectivity index is 1.89. The van der Waals surface area contributed by atoms with Crippen molar-refractivity contribution in [3.05, 3.63) is 17.7 Å². The molecule has 7 heteroatoms. The minimum Gasteiger partial charge on any atom is -0.481 e. The molecule has 2 rings (SSSR count). The fourth-order valence-corrected chi connectivity index (χ4v) is 2.83. The predicted molar refractivity (Wildman–Crippen MR) is 86.0 cm³/mol. The van der Waals surface area contributed by atoms with Crippen LogP contribution >= 0.6 is 0 Å². The number of nitrogens with zero attached hydrogens (tertiary/aromatic N) is 2. The van der Waals surface area contributed by atoms with Gasteiger partial charge in [-0.3, -0.25) is 9.69 Å². The Morgan fingerprint density at radius 2 is 2.22 bits per heavy atom. The second-order valence-electron chi connectivity index (χ2n) is 5.53. The number of ether oxygens (including phenoxy) is 2. The molecule has 1 amide bonds. The average Bonchev–Trinajstić information content (AvgIpc) is 2.61. The summed E-state index contributed by atoms with van der Waals surface area (Å²) in [6, 6.07) is 3.47. The Hall–Kier alpha value is -1.86. The molecule has 1 aliphatic heterocycles. The van der Waals surface area contributed by atoms with Crippen LogP contribution < -0.4 is 14.8 Å². The summed E-state index contributed by atoms with van der Waals surface area (Å²) in [6.45, 7) is 2.38. The lowest BCUT2D eigenvalue weighted by atomic mass is 10.0. The standard InChI is InChI=1S/C16H25N3O4/c1-22-14-7-6-13(16(18-14)23-2)15(21)17-8-10-19-9-4-3-5-12(19)11-20/h6-7,12,20H,3-5,8-11H2,1-2H3,(H,17,21)/t12-/m0/s1. The molecule has 7 nitrogen and oxygen atoms in total. The van der Waals surface area contributed by atoms with Crippen LogP contribution in [0.3, 0.4) is 0 Å². The minimum atomic E-state index is -0.227. The molecule has 0 radical (unpaired) electrons. The van der Waals surface area contributed by atoms with Crippen molar-refractivity contribution in [1.82, 2.24) is 15.2 Å². The maximum Gasteiger partial charge on any atom is 0.256 e. The van der Waals surface area contributed by atoms with Crippen molar-refractivity contribution in [1.29, 1.82) is 0 Å². The Kier molecular flexibility index (Phi) is 6.61. The van der Waals surface area contributed by atoms with Gasteiger partial charge in [-0.1, -0.05) is 6.42 Å². The Bertz CT molecular complexity index is 524. The topological polar surface area (TPSA) is 83.9 Å². The predicted octanol–water partition coefficient (Wildman–Crippen LogP) is 0.675. The summed E-state index contributed by atoms with van der Waals surface area (Å²) >= 11 is 0. The van der Waals surface area contributed by atoms with E-state index in [0.717, 1.165) is 32.4 Å². The molecule has 2 N–H and O–H groups in total. The van der Waals surface area contributed by atoms with Gasteiger partial charge in [0, 0.05) is 25.2 Å². The minimum absolute atomic E-state index is 0.171. The highest BCUT2D eigenvalue weighted by molar-refractivity contribution is 5.96. The maximum absolute atomic E-state index is 12.3. The second-order valence-corrected chi connectivity index (χ2v) is 5.53. The molecule has 0 unspecified atom stereocenters. The number of likely N-dealkylation sites (tertiary alicyclic amines) is 1. The van der Waals surface area contributed by atoms with E-state index in [0.29, 0.717) is 18.0 Å². The lowest BCUT2D eigenvalue weighted by Gasteiger charge is -2.34. The van der Waals surface area contributed by atoms with Gasteiger partial charge in [-0.25, -0.2) is 0 Å². The number of piperidine rings is 1. The van der Waals surface area contributed by atoms with E-state index in [1.54, 1.807) is 12.1 Å². The van der Waals surface area contributed by atoms with Crippen LogP contribution in [-0.2, 0) is 0 Å². The molecule has 1 atom stereocenters. The first kappa shape index (κ1) is 17.5. The zero-order valence-electron chi connectivity index (χ0n) is 13.7. The molecular weight excluding hydrogens is 298 g/mol.